The maximum atomic E-state index is 13.4. The van der Waals surface area contributed by atoms with Crippen LogP contribution in [0.5, 0.6) is 0 Å². The maximum absolute atomic E-state index is 13.4. The van der Waals surface area contributed by atoms with E-state index in [1.165, 1.54) is 23.8 Å². The molecule has 0 fully saturated rings. The molecular formula is C32H36N8O9. The number of hydrogen-bond acceptors (Lipinski definition) is 13. The molecule has 0 aliphatic carbocycles. The molecular weight excluding hydrogens is 640 g/mol. The average Bonchev–Trinajstić information content (AvgIpc) is 3.39. The largest absolute Gasteiger partial charge is 0.535 e. The van der Waals surface area contributed by atoms with E-state index in [-0.39, 0.29) is 48.2 Å². The van der Waals surface area contributed by atoms with E-state index in [0.29, 0.717) is 40.2 Å². The third-order valence-electron chi connectivity index (χ3n) is 6.75. The quantitative estimate of drug-likeness (QED) is 0.0341. The molecule has 2 aromatic heterocycles. The Labute approximate surface area is 279 Å². The lowest BCUT2D eigenvalue weighted by atomic mass is 10.1. The maximum Gasteiger partial charge on any atom is 0.535 e. The van der Waals surface area contributed by atoms with Crippen LogP contribution in [0.25, 0.3) is 11.3 Å². The number of amidine groups is 1. The van der Waals surface area contributed by atoms with Crippen LogP contribution in [-0.2, 0) is 34.1 Å². The first-order chi connectivity index (χ1) is 23.3. The predicted molar refractivity (Wildman–Crippen MR) is 177 cm³/mol. The van der Waals surface area contributed by atoms with Crippen molar-refractivity contribution in [3.63, 3.8) is 0 Å². The van der Waals surface area contributed by atoms with Crippen LogP contribution in [0.15, 0.2) is 72.2 Å². The Hall–Kier alpha value is -6.39. The number of aryl methyl sites for hydroxylation is 1. The zero-order valence-corrected chi connectivity index (χ0v) is 27.2. The number of anilines is 2. The first kappa shape index (κ1) is 35.5. The highest BCUT2D eigenvalue weighted by atomic mass is 16.8. The summed E-state index contributed by atoms with van der Waals surface area (Å²) in [6.45, 7) is 6.72. The van der Waals surface area contributed by atoms with E-state index in [4.69, 9.17) is 20.6 Å². The van der Waals surface area contributed by atoms with Crippen molar-refractivity contribution in [2.24, 2.45) is 10.9 Å². The fourth-order valence-electron chi connectivity index (χ4n) is 4.43. The fraction of sp³-hybridized carbons (Fsp3) is 0.281. The number of benzene rings is 2. The molecule has 0 unspecified atom stereocenters. The van der Waals surface area contributed by atoms with Crippen molar-refractivity contribution in [1.29, 1.82) is 0 Å². The number of nitrogens with one attached hydrogen (secondary N) is 3. The molecule has 2 aromatic carbocycles. The third kappa shape index (κ3) is 9.57. The van der Waals surface area contributed by atoms with Crippen LogP contribution in [-0.4, -0.2) is 45.9 Å². The van der Waals surface area contributed by atoms with Gasteiger partial charge in [-0.05, 0) is 51.5 Å². The van der Waals surface area contributed by atoms with Crippen LogP contribution in [0.3, 0.4) is 0 Å². The average molecular weight is 677 g/mol. The molecule has 258 valence electrons. The van der Waals surface area contributed by atoms with E-state index in [9.17, 15) is 24.0 Å². The van der Waals surface area contributed by atoms with Gasteiger partial charge in [0.05, 0.1) is 11.9 Å². The molecule has 17 nitrogen and oxygen atoms in total. The summed E-state index contributed by atoms with van der Waals surface area (Å²) in [6.07, 6.45) is 0.256. The molecule has 4 rings (SSSR count). The SMILES string of the molecule is CCNc1ncc(-c2cc(N)cc(C(=O)NC(C)C)c2)n(CC(=O)NCc2ccc(/C(N)=N/OC(=O)OCc3oc(=O)oc3C)cc2)c1=O. The normalized spacial score (nSPS) is 11.2. The molecule has 49 heavy (non-hydrogen) atoms. The molecule has 0 spiro atoms. The van der Waals surface area contributed by atoms with Crippen molar-refractivity contribution in [3.05, 3.63) is 97.8 Å². The number of ether oxygens (including phenoxy) is 1. The number of nitrogens with zero attached hydrogens (tertiary/aromatic N) is 3. The van der Waals surface area contributed by atoms with E-state index in [2.05, 4.69) is 35.3 Å². The molecule has 2 amide bonds. The van der Waals surface area contributed by atoms with Gasteiger partial charge < -0.3 is 41.0 Å². The van der Waals surface area contributed by atoms with Crippen LogP contribution in [0.1, 0.15) is 53.8 Å². The van der Waals surface area contributed by atoms with Gasteiger partial charge in [-0.15, -0.1) is 0 Å². The summed E-state index contributed by atoms with van der Waals surface area (Å²) in [5, 5.41) is 12.0. The Kier molecular flexibility index (Phi) is 11.5. The molecule has 17 heteroatoms. The van der Waals surface area contributed by atoms with Gasteiger partial charge in [0, 0.05) is 41.5 Å². The molecule has 0 bridgehead atoms. The summed E-state index contributed by atoms with van der Waals surface area (Å²) in [5.41, 5.74) is 13.9. The Morgan fingerprint density at radius 3 is 2.45 bits per heavy atom. The minimum atomic E-state index is -1.19. The van der Waals surface area contributed by atoms with E-state index in [1.807, 2.05) is 20.8 Å². The van der Waals surface area contributed by atoms with Gasteiger partial charge in [0.2, 0.25) is 5.91 Å². The Balaban J connectivity index is 1.42. The zero-order chi connectivity index (χ0) is 35.7. The summed E-state index contributed by atoms with van der Waals surface area (Å²) in [6, 6.07) is 11.1. The Morgan fingerprint density at radius 2 is 1.80 bits per heavy atom. The molecule has 4 aromatic rings. The third-order valence-corrected chi connectivity index (χ3v) is 6.75. The van der Waals surface area contributed by atoms with Crippen LogP contribution in [0, 0.1) is 6.92 Å². The first-order valence-corrected chi connectivity index (χ1v) is 15.0. The second-order valence-corrected chi connectivity index (χ2v) is 10.9. The van der Waals surface area contributed by atoms with Gasteiger partial charge in [-0.3, -0.25) is 23.8 Å². The smallest absolute Gasteiger partial charge is 0.424 e. The predicted octanol–water partition coefficient (Wildman–Crippen LogP) is 2.21. The highest BCUT2D eigenvalue weighted by molar-refractivity contribution is 5.97. The van der Waals surface area contributed by atoms with E-state index >= 15 is 0 Å². The molecule has 0 atom stereocenters. The Bertz CT molecular complexity index is 1980. The van der Waals surface area contributed by atoms with Crippen LogP contribution in [0.4, 0.5) is 16.3 Å². The Morgan fingerprint density at radius 1 is 1.06 bits per heavy atom. The molecule has 0 radical (unpaired) electrons. The first-order valence-electron chi connectivity index (χ1n) is 15.0. The van der Waals surface area contributed by atoms with E-state index in [0.717, 1.165) is 0 Å². The summed E-state index contributed by atoms with van der Waals surface area (Å²) in [7, 11) is 0. The topological polar surface area (TPSA) is 248 Å². The van der Waals surface area contributed by atoms with E-state index in [1.54, 1.807) is 36.4 Å². The van der Waals surface area contributed by atoms with Crippen molar-refractivity contribution in [1.82, 2.24) is 20.2 Å². The van der Waals surface area contributed by atoms with Crippen molar-refractivity contribution < 1.29 is 32.8 Å². The minimum absolute atomic E-state index is 0.0241. The standard InChI is InChI=1S/C32H36N8O9/c1-5-35-28-30(43)40(24(14-37-28)21-10-22(12-23(33)11-21)29(42)38-17(2)3)15-26(41)36-13-19-6-8-20(9-7-19)27(34)39-49-31(44)46-16-25-18(4)47-32(45)48-25/h6-12,14,17H,5,13,15-16,33H2,1-4H3,(H2,34,39)(H,35,37)(H,36,41)(H,38,42). The van der Waals surface area contributed by atoms with Crippen molar-refractivity contribution in [3.8, 4) is 11.3 Å². The van der Waals surface area contributed by atoms with Crippen molar-refractivity contribution >= 4 is 35.3 Å². The highest BCUT2D eigenvalue weighted by Crippen LogP contribution is 2.23. The number of aromatic nitrogens is 2. The molecule has 0 saturated heterocycles. The van der Waals surface area contributed by atoms with Crippen LogP contribution < -0.4 is 38.8 Å². The van der Waals surface area contributed by atoms with Gasteiger partial charge in [0.1, 0.15) is 6.54 Å². The van der Waals surface area contributed by atoms with Crippen molar-refractivity contribution in [2.75, 3.05) is 17.6 Å². The fourth-order valence-corrected chi connectivity index (χ4v) is 4.43. The number of nitrogen functional groups attached to an aromatic ring is 1. The second-order valence-electron chi connectivity index (χ2n) is 10.9. The number of carbonyl (C=O) groups is 3. The van der Waals surface area contributed by atoms with E-state index < -0.39 is 30.1 Å². The zero-order valence-electron chi connectivity index (χ0n) is 27.2. The minimum Gasteiger partial charge on any atom is -0.424 e. The highest BCUT2D eigenvalue weighted by Gasteiger charge is 2.18. The van der Waals surface area contributed by atoms with Gasteiger partial charge in [-0.25, -0.2) is 14.6 Å². The molecule has 0 saturated carbocycles. The molecule has 7 N–H and O–H groups in total. The summed E-state index contributed by atoms with van der Waals surface area (Å²) < 4.78 is 15.5. The van der Waals surface area contributed by atoms with Gasteiger partial charge >= 0.3 is 12.0 Å². The summed E-state index contributed by atoms with van der Waals surface area (Å²) in [5.74, 6) is -1.62. The van der Waals surface area contributed by atoms with Crippen molar-refractivity contribution in [2.45, 2.75) is 53.4 Å². The number of oxime groups is 1. The number of hydrogen-bond donors (Lipinski definition) is 5. The second kappa shape index (κ2) is 15.9. The number of amides is 2. The summed E-state index contributed by atoms with van der Waals surface area (Å²) >= 11 is 0. The van der Waals surface area contributed by atoms with Gasteiger partial charge in [-0.2, -0.15) is 0 Å². The monoisotopic (exact) mass is 676 g/mol. The molecule has 2 heterocycles. The van der Waals surface area contributed by atoms with Crippen LogP contribution in [0.2, 0.25) is 0 Å². The molecule has 0 aliphatic rings. The van der Waals surface area contributed by atoms with Gasteiger partial charge in [0.25, 0.3) is 11.5 Å². The number of rotatable bonds is 13. The summed E-state index contributed by atoms with van der Waals surface area (Å²) in [4.78, 5) is 71.0. The number of carbonyl (C=O) groups excluding carboxylic acids is 3. The van der Waals surface area contributed by atoms with Gasteiger partial charge in [0.15, 0.2) is 29.8 Å². The lowest BCUT2D eigenvalue weighted by Crippen LogP contribution is -2.34. The van der Waals surface area contributed by atoms with Gasteiger partial charge in [-0.1, -0.05) is 29.4 Å². The lowest BCUT2D eigenvalue weighted by Gasteiger charge is -2.16. The van der Waals surface area contributed by atoms with Crippen LogP contribution >= 0.6 is 0 Å². The lowest BCUT2D eigenvalue weighted by molar-refractivity contribution is -0.121. The number of nitrogens with two attached hydrogens (primary N) is 2. The molecule has 0 aliphatic heterocycles.